The molecule has 0 radical (unpaired) electrons. The van der Waals surface area contributed by atoms with Crippen LogP contribution in [0.3, 0.4) is 0 Å². The van der Waals surface area contributed by atoms with Crippen LogP contribution in [0.15, 0.2) is 0 Å². The van der Waals surface area contributed by atoms with Crippen LogP contribution in [-0.2, 0) is 19.6 Å². The van der Waals surface area contributed by atoms with E-state index in [0.717, 1.165) is 6.42 Å². The fourth-order valence-electron chi connectivity index (χ4n) is 4.36. The third-order valence-electron chi connectivity index (χ3n) is 4.79. The molecule has 0 aromatic heterocycles. The van der Waals surface area contributed by atoms with E-state index >= 15 is 0 Å². The minimum Gasteiger partial charge on any atom is -0.460 e. The van der Waals surface area contributed by atoms with Crippen molar-refractivity contribution < 1.29 is 17.9 Å². The summed E-state index contributed by atoms with van der Waals surface area (Å²) in [4.78, 5) is 11.6. The number of halogens is 1. The van der Waals surface area contributed by atoms with Crippen molar-refractivity contribution in [2.45, 2.75) is 56.5 Å². The zero-order valence-electron chi connectivity index (χ0n) is 11.9. The van der Waals surface area contributed by atoms with Gasteiger partial charge < -0.3 is 4.74 Å². The Labute approximate surface area is 128 Å². The lowest BCUT2D eigenvalue weighted by Crippen LogP contribution is -2.52. The zero-order chi connectivity index (χ0) is 14.9. The molecule has 0 spiro atoms. The van der Waals surface area contributed by atoms with Crippen LogP contribution >= 0.6 is 15.9 Å². The van der Waals surface area contributed by atoms with E-state index in [1.165, 1.54) is 0 Å². The maximum atomic E-state index is 12.7. The molecule has 0 aromatic carbocycles. The van der Waals surface area contributed by atoms with Gasteiger partial charge in [0.15, 0.2) is 0 Å². The monoisotopic (exact) mass is 365 g/mol. The number of nitrogens with zero attached hydrogens (tertiary/aromatic N) is 1. The van der Waals surface area contributed by atoms with Crippen LogP contribution in [0.25, 0.3) is 0 Å². The lowest BCUT2D eigenvalue weighted by molar-refractivity contribution is -0.151. The van der Waals surface area contributed by atoms with Crippen molar-refractivity contribution in [1.82, 2.24) is 4.31 Å². The molecule has 1 saturated heterocycles. The van der Waals surface area contributed by atoms with E-state index in [-0.39, 0.29) is 40.5 Å². The van der Waals surface area contributed by atoms with Gasteiger partial charge >= 0.3 is 5.97 Å². The predicted octanol–water partition coefficient (Wildman–Crippen LogP) is 1.51. The van der Waals surface area contributed by atoms with Gasteiger partial charge in [-0.15, -0.1) is 0 Å². The maximum absolute atomic E-state index is 12.7. The molecule has 20 heavy (non-hydrogen) atoms. The first-order chi connectivity index (χ1) is 9.17. The number of ether oxygens (including phenoxy) is 1. The van der Waals surface area contributed by atoms with Crippen LogP contribution in [0.2, 0.25) is 0 Å². The smallest absolute Gasteiger partial charge is 0.316 e. The Kier molecular flexibility index (Phi) is 3.27. The summed E-state index contributed by atoms with van der Waals surface area (Å²) in [7, 11) is -3.27. The highest BCUT2D eigenvalue weighted by Gasteiger charge is 2.69. The van der Waals surface area contributed by atoms with Gasteiger partial charge in [0.05, 0.1) is 11.3 Å². The van der Waals surface area contributed by atoms with Crippen LogP contribution < -0.4 is 0 Å². The first-order valence-electron chi connectivity index (χ1n) is 6.96. The Morgan fingerprint density at radius 1 is 1.35 bits per heavy atom. The highest BCUT2D eigenvalue weighted by atomic mass is 79.9. The molecule has 3 fully saturated rings. The second-order valence-electron chi connectivity index (χ2n) is 7.02. The molecule has 3 rings (SSSR count). The van der Waals surface area contributed by atoms with Gasteiger partial charge in [-0.2, -0.15) is 4.31 Å². The summed E-state index contributed by atoms with van der Waals surface area (Å²) in [5.41, 5.74) is -0.477. The van der Waals surface area contributed by atoms with E-state index in [1.54, 1.807) is 4.31 Å². The molecule has 1 heterocycles. The fourth-order valence-corrected chi connectivity index (χ4v) is 7.37. The van der Waals surface area contributed by atoms with Gasteiger partial charge in [0.1, 0.15) is 11.4 Å². The van der Waals surface area contributed by atoms with Gasteiger partial charge in [0.25, 0.3) is 0 Å². The van der Waals surface area contributed by atoms with E-state index < -0.39 is 15.6 Å². The Morgan fingerprint density at radius 2 is 2.00 bits per heavy atom. The van der Waals surface area contributed by atoms with Crippen LogP contribution in [0.5, 0.6) is 0 Å². The lowest BCUT2D eigenvalue weighted by Gasteiger charge is -2.37. The highest BCUT2D eigenvalue weighted by Crippen LogP contribution is 2.58. The Balaban J connectivity index is 1.99. The standard InChI is InChI=1S/C13H20BrNO4S/c1-13(2,3)15-11-8-4-7(5-9(8)20(15,17)18)12(11)19-10(16)6-14/h7-9,11-12H,4-6H2,1-3H3. The third-order valence-corrected chi connectivity index (χ3v) is 7.90. The molecule has 0 N–H and O–H groups in total. The SMILES string of the molecule is CC(C)(C)N1C2C3CC(CC3S1(=O)=O)C2OC(=O)CBr. The van der Waals surface area contributed by atoms with E-state index in [0.29, 0.717) is 6.42 Å². The number of hydrogen-bond donors (Lipinski definition) is 0. The molecule has 3 aliphatic rings. The van der Waals surface area contributed by atoms with Gasteiger partial charge in [0, 0.05) is 5.54 Å². The molecule has 0 aromatic rings. The summed E-state index contributed by atoms with van der Waals surface area (Å²) in [5.74, 6) is 0.00901. The molecule has 5 nitrogen and oxygen atoms in total. The molecular formula is C13H20BrNO4S. The number of rotatable bonds is 2. The van der Waals surface area contributed by atoms with Gasteiger partial charge in [-0.25, -0.2) is 8.42 Å². The molecule has 0 amide bonds. The van der Waals surface area contributed by atoms with Crippen molar-refractivity contribution in [3.8, 4) is 0 Å². The average Bonchev–Trinajstić information content (AvgIpc) is 2.90. The average molecular weight is 366 g/mol. The molecule has 2 aliphatic carbocycles. The Hall–Kier alpha value is -0.140. The number of hydrogen-bond acceptors (Lipinski definition) is 4. The number of sulfonamides is 1. The van der Waals surface area contributed by atoms with Crippen molar-refractivity contribution in [3.05, 3.63) is 0 Å². The van der Waals surface area contributed by atoms with Gasteiger partial charge in [-0.1, -0.05) is 15.9 Å². The molecule has 1 aliphatic heterocycles. The molecule has 2 bridgehead atoms. The zero-order valence-corrected chi connectivity index (χ0v) is 14.3. The molecular weight excluding hydrogens is 346 g/mol. The summed E-state index contributed by atoms with van der Waals surface area (Å²) in [6.07, 6.45) is 1.22. The van der Waals surface area contributed by atoms with Crippen molar-refractivity contribution in [2.75, 3.05) is 5.33 Å². The lowest BCUT2D eigenvalue weighted by atomic mass is 9.90. The summed E-state index contributed by atoms with van der Waals surface area (Å²) < 4.78 is 32.6. The predicted molar refractivity (Wildman–Crippen MR) is 78.0 cm³/mol. The minimum atomic E-state index is -3.27. The number of fused-ring (bicyclic) bond motifs is 1. The second kappa shape index (κ2) is 4.43. The summed E-state index contributed by atoms with van der Waals surface area (Å²) in [5, 5.41) is -0.116. The van der Waals surface area contributed by atoms with Crippen molar-refractivity contribution in [3.63, 3.8) is 0 Å². The van der Waals surface area contributed by atoms with Gasteiger partial charge in [0.2, 0.25) is 10.0 Å². The van der Waals surface area contributed by atoms with Crippen LogP contribution in [0.1, 0.15) is 33.6 Å². The fraction of sp³-hybridized carbons (Fsp3) is 0.923. The quantitative estimate of drug-likeness (QED) is 0.549. The Morgan fingerprint density at radius 3 is 2.55 bits per heavy atom. The van der Waals surface area contributed by atoms with Crippen molar-refractivity contribution >= 4 is 31.9 Å². The highest BCUT2D eigenvalue weighted by molar-refractivity contribution is 9.09. The first kappa shape index (κ1) is 14.8. The van der Waals surface area contributed by atoms with Crippen molar-refractivity contribution in [2.24, 2.45) is 11.8 Å². The molecule has 114 valence electrons. The first-order valence-corrected chi connectivity index (χ1v) is 9.59. The van der Waals surface area contributed by atoms with E-state index in [1.807, 2.05) is 20.8 Å². The van der Waals surface area contributed by atoms with Gasteiger partial charge in [-0.3, -0.25) is 4.79 Å². The third kappa shape index (κ3) is 1.89. The number of esters is 1. The van der Waals surface area contributed by atoms with Crippen LogP contribution in [0, 0.1) is 11.8 Å². The number of alkyl halides is 1. The summed E-state index contributed by atoms with van der Waals surface area (Å²) >= 11 is 3.10. The van der Waals surface area contributed by atoms with E-state index in [9.17, 15) is 13.2 Å². The molecule has 5 atom stereocenters. The largest absolute Gasteiger partial charge is 0.460 e. The van der Waals surface area contributed by atoms with E-state index in [2.05, 4.69) is 15.9 Å². The summed E-state index contributed by atoms with van der Waals surface area (Å²) in [6, 6.07) is -0.174. The number of carbonyl (C=O) groups is 1. The van der Waals surface area contributed by atoms with Crippen molar-refractivity contribution in [1.29, 1.82) is 0 Å². The normalized spacial score (nSPS) is 42.1. The maximum Gasteiger partial charge on any atom is 0.316 e. The number of carbonyl (C=O) groups excluding carboxylic acids is 1. The molecule has 7 heteroatoms. The van der Waals surface area contributed by atoms with Crippen LogP contribution in [-0.4, -0.2) is 47.0 Å². The second-order valence-corrected chi connectivity index (χ2v) is 9.61. The van der Waals surface area contributed by atoms with Crippen LogP contribution in [0.4, 0.5) is 0 Å². The minimum absolute atomic E-state index is 0.123. The summed E-state index contributed by atoms with van der Waals surface area (Å²) in [6.45, 7) is 5.73. The molecule has 5 unspecified atom stereocenters. The topological polar surface area (TPSA) is 63.7 Å². The van der Waals surface area contributed by atoms with Gasteiger partial charge in [-0.05, 0) is 45.4 Å². The Bertz CT molecular complexity index is 541. The molecule has 2 saturated carbocycles. The van der Waals surface area contributed by atoms with E-state index in [4.69, 9.17) is 4.74 Å².